The predicted octanol–water partition coefficient (Wildman–Crippen LogP) is 0.0423. The molecule has 2 amide bonds. The van der Waals surface area contributed by atoms with Crippen molar-refractivity contribution in [1.29, 1.82) is 0 Å². The Balaban J connectivity index is 2.35. The average molecular weight is 189 g/mol. The van der Waals surface area contributed by atoms with Crippen LogP contribution in [0.3, 0.4) is 0 Å². The first kappa shape index (κ1) is 10.2. The van der Waals surface area contributed by atoms with Crippen LogP contribution in [0.5, 0.6) is 0 Å². The van der Waals surface area contributed by atoms with E-state index in [1.807, 2.05) is 4.90 Å². The molecule has 0 atom stereocenters. The Labute approximate surface area is 77.5 Å². The van der Waals surface area contributed by atoms with E-state index in [1.165, 1.54) is 0 Å². The molecule has 0 bridgehead atoms. The third kappa shape index (κ3) is 3.18. The molecule has 76 valence electrons. The number of carbonyl (C=O) groups is 1. The van der Waals surface area contributed by atoms with E-state index in [4.69, 9.17) is 5.73 Å². The summed E-state index contributed by atoms with van der Waals surface area (Å²) in [5, 5.41) is 0. The zero-order valence-corrected chi connectivity index (χ0v) is 7.71. The topological polar surface area (TPSA) is 49.6 Å². The average Bonchev–Trinajstić information content (AvgIpc) is 2.30. The zero-order valence-electron chi connectivity index (χ0n) is 7.71. The third-order valence-electron chi connectivity index (χ3n) is 2.30. The smallest absolute Gasteiger partial charge is 0.314 e. The van der Waals surface area contributed by atoms with Crippen LogP contribution in [0, 0.1) is 0 Å². The maximum absolute atomic E-state index is 12.0. The molecule has 1 saturated heterocycles. The van der Waals surface area contributed by atoms with Crippen molar-refractivity contribution in [3.63, 3.8) is 0 Å². The van der Waals surface area contributed by atoms with E-state index >= 15 is 0 Å². The van der Waals surface area contributed by atoms with E-state index < -0.39 is 0 Å². The van der Waals surface area contributed by atoms with Gasteiger partial charge in [-0.15, -0.1) is 0 Å². The summed E-state index contributed by atoms with van der Waals surface area (Å²) in [6.45, 7) is 3.04. The lowest BCUT2D eigenvalue weighted by atomic mass is 10.4. The van der Waals surface area contributed by atoms with Gasteiger partial charge < -0.3 is 10.6 Å². The molecular weight excluding hydrogens is 173 g/mol. The highest BCUT2D eigenvalue weighted by Crippen LogP contribution is 2.02. The number of hydrogen-bond donors (Lipinski definition) is 1. The summed E-state index contributed by atoms with van der Waals surface area (Å²) < 4.78 is 12.0. The van der Waals surface area contributed by atoms with Crippen LogP contribution in [0.1, 0.15) is 6.42 Å². The van der Waals surface area contributed by atoms with Crippen molar-refractivity contribution in [1.82, 2.24) is 9.80 Å². The number of amides is 2. The van der Waals surface area contributed by atoms with E-state index in [-0.39, 0.29) is 12.7 Å². The fraction of sp³-hybridized carbons (Fsp3) is 0.875. The standard InChI is InChI=1S/C8H16FN3O/c9-2-5-11-3-1-4-12(7-6-11)8(10)13/h1-7H2,(H2,10,13). The zero-order chi connectivity index (χ0) is 9.68. The van der Waals surface area contributed by atoms with Crippen molar-refractivity contribution in [3.8, 4) is 0 Å². The fourth-order valence-electron chi connectivity index (χ4n) is 1.53. The highest BCUT2D eigenvalue weighted by atomic mass is 19.1. The highest BCUT2D eigenvalue weighted by molar-refractivity contribution is 5.71. The summed E-state index contributed by atoms with van der Waals surface area (Å²) in [5.74, 6) is 0. The van der Waals surface area contributed by atoms with E-state index in [0.717, 1.165) is 19.5 Å². The Hall–Kier alpha value is -0.840. The monoisotopic (exact) mass is 189 g/mol. The number of nitrogens with two attached hydrogens (primary N) is 1. The lowest BCUT2D eigenvalue weighted by molar-refractivity contribution is 0.206. The first-order valence-corrected chi connectivity index (χ1v) is 4.56. The number of halogens is 1. The van der Waals surface area contributed by atoms with Gasteiger partial charge in [0.1, 0.15) is 6.67 Å². The summed E-state index contributed by atoms with van der Waals surface area (Å²) in [6, 6.07) is -0.373. The molecule has 0 aliphatic carbocycles. The lowest BCUT2D eigenvalue weighted by Crippen LogP contribution is -2.38. The Bertz CT molecular complexity index is 177. The minimum atomic E-state index is -0.373. The molecule has 1 rings (SSSR count). The molecule has 0 spiro atoms. The molecule has 0 unspecified atom stereocenters. The summed E-state index contributed by atoms with van der Waals surface area (Å²) in [7, 11) is 0. The van der Waals surface area contributed by atoms with Crippen molar-refractivity contribution >= 4 is 6.03 Å². The van der Waals surface area contributed by atoms with Crippen LogP contribution in [0.4, 0.5) is 9.18 Å². The summed E-state index contributed by atoms with van der Waals surface area (Å²) in [6.07, 6.45) is 0.878. The van der Waals surface area contributed by atoms with Gasteiger partial charge in [-0.25, -0.2) is 9.18 Å². The van der Waals surface area contributed by atoms with Crippen LogP contribution in [0.15, 0.2) is 0 Å². The van der Waals surface area contributed by atoms with Gasteiger partial charge >= 0.3 is 6.03 Å². The van der Waals surface area contributed by atoms with Crippen molar-refractivity contribution in [2.75, 3.05) is 39.4 Å². The van der Waals surface area contributed by atoms with Gasteiger partial charge in [-0.05, 0) is 13.0 Å². The number of alkyl halides is 1. The van der Waals surface area contributed by atoms with Gasteiger partial charge in [-0.2, -0.15) is 0 Å². The highest BCUT2D eigenvalue weighted by Gasteiger charge is 2.16. The Kier molecular flexibility index (Phi) is 3.95. The molecule has 1 aliphatic rings. The van der Waals surface area contributed by atoms with Gasteiger partial charge in [0.25, 0.3) is 0 Å². The number of hydrogen-bond acceptors (Lipinski definition) is 2. The quantitative estimate of drug-likeness (QED) is 0.667. The van der Waals surface area contributed by atoms with E-state index in [1.54, 1.807) is 4.90 Å². The molecule has 0 saturated carbocycles. The van der Waals surface area contributed by atoms with Gasteiger partial charge in [-0.3, -0.25) is 4.90 Å². The Morgan fingerprint density at radius 3 is 2.69 bits per heavy atom. The Morgan fingerprint density at radius 2 is 2.08 bits per heavy atom. The number of primary amides is 1. The molecule has 0 aromatic rings. The number of nitrogens with zero attached hydrogens (tertiary/aromatic N) is 2. The van der Waals surface area contributed by atoms with Crippen molar-refractivity contribution < 1.29 is 9.18 Å². The van der Waals surface area contributed by atoms with Crippen LogP contribution in [0.25, 0.3) is 0 Å². The summed E-state index contributed by atoms with van der Waals surface area (Å²) in [4.78, 5) is 14.5. The van der Waals surface area contributed by atoms with E-state index in [9.17, 15) is 9.18 Å². The van der Waals surface area contributed by atoms with Crippen LogP contribution in [-0.2, 0) is 0 Å². The molecule has 1 aliphatic heterocycles. The maximum atomic E-state index is 12.0. The number of rotatable bonds is 2. The molecule has 5 heteroatoms. The van der Waals surface area contributed by atoms with E-state index in [0.29, 0.717) is 19.6 Å². The molecule has 0 aromatic heterocycles. The molecule has 13 heavy (non-hydrogen) atoms. The summed E-state index contributed by atoms with van der Waals surface area (Å²) in [5.41, 5.74) is 5.15. The lowest BCUT2D eigenvalue weighted by Gasteiger charge is -2.19. The van der Waals surface area contributed by atoms with Crippen LogP contribution in [0.2, 0.25) is 0 Å². The molecule has 4 nitrogen and oxygen atoms in total. The van der Waals surface area contributed by atoms with Crippen LogP contribution in [-0.4, -0.2) is 55.2 Å². The molecule has 1 heterocycles. The van der Waals surface area contributed by atoms with Gasteiger partial charge in [0.15, 0.2) is 0 Å². The number of urea groups is 1. The minimum Gasteiger partial charge on any atom is -0.351 e. The minimum absolute atomic E-state index is 0.323. The largest absolute Gasteiger partial charge is 0.351 e. The molecule has 1 fully saturated rings. The van der Waals surface area contributed by atoms with Gasteiger partial charge in [0.2, 0.25) is 0 Å². The molecule has 2 N–H and O–H groups in total. The van der Waals surface area contributed by atoms with Gasteiger partial charge in [-0.1, -0.05) is 0 Å². The Morgan fingerprint density at radius 1 is 1.31 bits per heavy atom. The number of carbonyl (C=O) groups excluding carboxylic acids is 1. The third-order valence-corrected chi connectivity index (χ3v) is 2.30. The van der Waals surface area contributed by atoms with Crippen molar-refractivity contribution in [2.24, 2.45) is 5.73 Å². The van der Waals surface area contributed by atoms with Crippen molar-refractivity contribution in [2.45, 2.75) is 6.42 Å². The molecule has 0 aromatic carbocycles. The normalized spacial score (nSPS) is 19.9. The summed E-state index contributed by atoms with van der Waals surface area (Å²) >= 11 is 0. The second-order valence-corrected chi connectivity index (χ2v) is 3.21. The molecule has 0 radical (unpaired) electrons. The predicted molar refractivity (Wildman–Crippen MR) is 48.2 cm³/mol. The maximum Gasteiger partial charge on any atom is 0.314 e. The SMILES string of the molecule is NC(=O)N1CCCN(CCF)CC1. The second kappa shape index (κ2) is 5.01. The van der Waals surface area contributed by atoms with Gasteiger partial charge in [0, 0.05) is 26.2 Å². The first-order chi connectivity index (χ1) is 6.24. The van der Waals surface area contributed by atoms with E-state index in [2.05, 4.69) is 0 Å². The van der Waals surface area contributed by atoms with Crippen LogP contribution >= 0.6 is 0 Å². The first-order valence-electron chi connectivity index (χ1n) is 4.56. The van der Waals surface area contributed by atoms with Gasteiger partial charge in [0.05, 0.1) is 0 Å². The second-order valence-electron chi connectivity index (χ2n) is 3.21. The van der Waals surface area contributed by atoms with Crippen molar-refractivity contribution in [3.05, 3.63) is 0 Å². The van der Waals surface area contributed by atoms with Crippen LogP contribution < -0.4 is 5.73 Å². The fourth-order valence-corrected chi connectivity index (χ4v) is 1.53. The molecular formula is C8H16FN3O.